The molecule has 0 spiro atoms. The number of likely N-dealkylation sites (tertiary alicyclic amines) is 2. The first kappa shape index (κ1) is 15.3. The summed E-state index contributed by atoms with van der Waals surface area (Å²) in [5.41, 5.74) is -0.540. The molecular weight excluding hydrogens is 236 g/mol. The Morgan fingerprint density at radius 2 is 1.63 bits per heavy atom. The summed E-state index contributed by atoms with van der Waals surface area (Å²) in [6.45, 7) is 13.3. The van der Waals surface area contributed by atoms with Gasteiger partial charge >= 0.3 is 0 Å². The van der Waals surface area contributed by atoms with Crippen molar-refractivity contribution >= 4 is 0 Å². The Kier molecular flexibility index (Phi) is 5.27. The van der Waals surface area contributed by atoms with Gasteiger partial charge in [0.25, 0.3) is 0 Å². The molecule has 0 aromatic rings. The van der Waals surface area contributed by atoms with Crippen molar-refractivity contribution in [2.24, 2.45) is 11.8 Å². The summed E-state index contributed by atoms with van der Waals surface area (Å²) < 4.78 is 0. The third kappa shape index (κ3) is 4.44. The third-order valence-corrected chi connectivity index (χ3v) is 5.21. The Balaban J connectivity index is 1.70. The molecule has 2 aliphatic heterocycles. The molecular formula is C16H32N2O. The summed E-state index contributed by atoms with van der Waals surface area (Å²) in [5.74, 6) is 1.22. The van der Waals surface area contributed by atoms with E-state index in [0.717, 1.165) is 12.5 Å². The van der Waals surface area contributed by atoms with Gasteiger partial charge in [-0.05, 0) is 70.6 Å². The molecule has 0 bridgehead atoms. The Bertz CT molecular complexity index is 264. The zero-order valence-electron chi connectivity index (χ0n) is 13.1. The van der Waals surface area contributed by atoms with Crippen molar-refractivity contribution in [2.45, 2.75) is 52.1 Å². The zero-order valence-corrected chi connectivity index (χ0v) is 13.1. The molecule has 2 rings (SSSR count). The van der Waals surface area contributed by atoms with Crippen molar-refractivity contribution in [1.82, 2.24) is 9.80 Å². The molecule has 1 atom stereocenters. The van der Waals surface area contributed by atoms with Crippen LogP contribution in [-0.2, 0) is 0 Å². The molecule has 2 aliphatic rings. The molecule has 3 nitrogen and oxygen atoms in total. The van der Waals surface area contributed by atoms with Crippen molar-refractivity contribution < 1.29 is 5.11 Å². The van der Waals surface area contributed by atoms with Crippen LogP contribution in [0.4, 0.5) is 0 Å². The Labute approximate surface area is 119 Å². The summed E-state index contributed by atoms with van der Waals surface area (Å²) in [4.78, 5) is 5.10. The van der Waals surface area contributed by atoms with E-state index >= 15 is 0 Å². The number of piperidine rings is 1. The van der Waals surface area contributed by atoms with E-state index in [0.29, 0.717) is 5.92 Å². The number of hydrogen-bond acceptors (Lipinski definition) is 3. The van der Waals surface area contributed by atoms with Gasteiger partial charge in [-0.3, -0.25) is 0 Å². The van der Waals surface area contributed by atoms with E-state index in [4.69, 9.17) is 0 Å². The quantitative estimate of drug-likeness (QED) is 0.828. The first-order valence-corrected chi connectivity index (χ1v) is 8.14. The average molecular weight is 268 g/mol. The molecule has 0 radical (unpaired) electrons. The highest BCUT2D eigenvalue weighted by molar-refractivity contribution is 4.84. The molecule has 2 fully saturated rings. The van der Waals surface area contributed by atoms with Gasteiger partial charge in [0.05, 0.1) is 5.60 Å². The Hall–Kier alpha value is -0.120. The Morgan fingerprint density at radius 1 is 1.05 bits per heavy atom. The minimum atomic E-state index is -0.540. The normalized spacial score (nSPS) is 27.0. The zero-order chi connectivity index (χ0) is 13.9. The highest BCUT2D eigenvalue weighted by Gasteiger charge is 2.30. The highest BCUT2D eigenvalue weighted by Crippen LogP contribution is 2.24. The lowest BCUT2D eigenvalue weighted by atomic mass is 9.90. The summed E-state index contributed by atoms with van der Waals surface area (Å²) in [6.07, 6.45) is 5.42. The van der Waals surface area contributed by atoms with Gasteiger partial charge in [-0.1, -0.05) is 13.8 Å². The van der Waals surface area contributed by atoms with Gasteiger partial charge in [0, 0.05) is 13.1 Å². The lowest BCUT2D eigenvalue weighted by Gasteiger charge is -2.39. The molecule has 0 aliphatic carbocycles. The molecule has 1 unspecified atom stereocenters. The smallest absolute Gasteiger partial charge is 0.0768 e. The van der Waals surface area contributed by atoms with E-state index in [9.17, 15) is 5.11 Å². The Morgan fingerprint density at radius 3 is 2.16 bits per heavy atom. The molecule has 3 heteroatoms. The minimum Gasteiger partial charge on any atom is -0.389 e. The van der Waals surface area contributed by atoms with E-state index < -0.39 is 5.60 Å². The van der Waals surface area contributed by atoms with E-state index in [1.165, 1.54) is 58.4 Å². The van der Waals surface area contributed by atoms with Crippen LogP contribution in [0.15, 0.2) is 0 Å². The number of hydrogen-bond donors (Lipinski definition) is 1. The van der Waals surface area contributed by atoms with Crippen molar-refractivity contribution in [3.63, 3.8) is 0 Å². The first-order chi connectivity index (χ1) is 8.97. The molecule has 112 valence electrons. The summed E-state index contributed by atoms with van der Waals surface area (Å²) >= 11 is 0. The second kappa shape index (κ2) is 6.55. The van der Waals surface area contributed by atoms with E-state index in [1.54, 1.807) is 0 Å². The van der Waals surface area contributed by atoms with E-state index in [1.807, 2.05) is 6.92 Å². The predicted molar refractivity (Wildman–Crippen MR) is 80.3 cm³/mol. The van der Waals surface area contributed by atoms with E-state index in [-0.39, 0.29) is 0 Å². The van der Waals surface area contributed by atoms with Crippen LogP contribution in [-0.4, -0.2) is 59.8 Å². The molecule has 19 heavy (non-hydrogen) atoms. The number of nitrogens with zero attached hydrogens (tertiary/aromatic N) is 2. The predicted octanol–water partition coefficient (Wildman–Crippen LogP) is 2.20. The number of rotatable bonds is 5. The van der Waals surface area contributed by atoms with Gasteiger partial charge in [0.2, 0.25) is 0 Å². The second-order valence-electron chi connectivity index (χ2n) is 7.24. The standard InChI is InChI=1S/C16H32N2O/c1-14(2)16(3,19)13-18-10-6-15(7-11-18)12-17-8-4-5-9-17/h14-15,19H,4-13H2,1-3H3. The number of β-amino-alcohol motifs (C(OH)–C–C–N with tert-alkyl or cyclic N) is 1. The lowest BCUT2D eigenvalue weighted by Crippen LogP contribution is -2.48. The summed E-state index contributed by atoms with van der Waals surface area (Å²) in [7, 11) is 0. The van der Waals surface area contributed by atoms with Gasteiger partial charge in [-0.2, -0.15) is 0 Å². The maximum Gasteiger partial charge on any atom is 0.0768 e. The molecule has 1 N–H and O–H groups in total. The molecule has 0 aromatic carbocycles. The van der Waals surface area contributed by atoms with Crippen LogP contribution >= 0.6 is 0 Å². The first-order valence-electron chi connectivity index (χ1n) is 8.14. The van der Waals surface area contributed by atoms with Crippen LogP contribution < -0.4 is 0 Å². The van der Waals surface area contributed by atoms with Crippen LogP contribution in [0.25, 0.3) is 0 Å². The fourth-order valence-electron chi connectivity index (χ4n) is 3.29. The summed E-state index contributed by atoms with van der Waals surface area (Å²) in [5, 5.41) is 10.4. The SMILES string of the molecule is CC(C)C(C)(O)CN1CCC(CN2CCCC2)CC1. The molecule has 0 saturated carbocycles. The van der Waals surface area contributed by atoms with Crippen molar-refractivity contribution in [3.8, 4) is 0 Å². The van der Waals surface area contributed by atoms with Crippen LogP contribution in [0.5, 0.6) is 0 Å². The van der Waals surface area contributed by atoms with Gasteiger partial charge in [-0.25, -0.2) is 0 Å². The largest absolute Gasteiger partial charge is 0.389 e. The number of aliphatic hydroxyl groups is 1. The topological polar surface area (TPSA) is 26.7 Å². The molecule has 0 amide bonds. The molecule has 2 heterocycles. The van der Waals surface area contributed by atoms with Gasteiger partial charge < -0.3 is 14.9 Å². The fourth-order valence-corrected chi connectivity index (χ4v) is 3.29. The van der Waals surface area contributed by atoms with Gasteiger partial charge in [-0.15, -0.1) is 0 Å². The van der Waals surface area contributed by atoms with Crippen LogP contribution in [0.2, 0.25) is 0 Å². The second-order valence-corrected chi connectivity index (χ2v) is 7.24. The van der Waals surface area contributed by atoms with Crippen LogP contribution in [0.1, 0.15) is 46.5 Å². The maximum absolute atomic E-state index is 10.4. The molecule has 0 aromatic heterocycles. The van der Waals surface area contributed by atoms with Gasteiger partial charge in [0.1, 0.15) is 0 Å². The van der Waals surface area contributed by atoms with Crippen molar-refractivity contribution in [3.05, 3.63) is 0 Å². The van der Waals surface area contributed by atoms with Crippen molar-refractivity contribution in [1.29, 1.82) is 0 Å². The monoisotopic (exact) mass is 268 g/mol. The lowest BCUT2D eigenvalue weighted by molar-refractivity contribution is -0.0266. The van der Waals surface area contributed by atoms with Crippen molar-refractivity contribution in [2.75, 3.05) is 39.3 Å². The van der Waals surface area contributed by atoms with Crippen LogP contribution in [0, 0.1) is 11.8 Å². The maximum atomic E-state index is 10.4. The molecule has 2 saturated heterocycles. The third-order valence-electron chi connectivity index (χ3n) is 5.21. The van der Waals surface area contributed by atoms with Gasteiger partial charge in [0.15, 0.2) is 0 Å². The minimum absolute atomic E-state index is 0.329. The average Bonchev–Trinajstić information content (AvgIpc) is 2.84. The van der Waals surface area contributed by atoms with E-state index in [2.05, 4.69) is 23.6 Å². The fraction of sp³-hybridized carbons (Fsp3) is 1.00. The van der Waals surface area contributed by atoms with Crippen LogP contribution in [0.3, 0.4) is 0 Å². The summed E-state index contributed by atoms with van der Waals surface area (Å²) in [6, 6.07) is 0. The highest BCUT2D eigenvalue weighted by atomic mass is 16.3.